The summed E-state index contributed by atoms with van der Waals surface area (Å²) in [5, 5.41) is 19.2. The molecule has 2 saturated carbocycles. The third-order valence-corrected chi connectivity index (χ3v) is 7.24. The van der Waals surface area contributed by atoms with Gasteiger partial charge in [-0.1, -0.05) is 25.5 Å². The summed E-state index contributed by atoms with van der Waals surface area (Å²) in [5.41, 5.74) is 0.519. The molecule has 2 aromatic rings. The average molecular weight is 462 g/mol. The van der Waals surface area contributed by atoms with Gasteiger partial charge in [0.2, 0.25) is 11.8 Å². The number of hydrogen-bond acceptors (Lipinski definition) is 5. The fourth-order valence-electron chi connectivity index (χ4n) is 5.23. The number of carbonyl (C=O) groups is 3. The molecular formula is C25H27N5O4. The highest BCUT2D eigenvalue weighted by molar-refractivity contribution is 6.01. The van der Waals surface area contributed by atoms with Crippen LogP contribution in [0.5, 0.6) is 5.75 Å². The summed E-state index contributed by atoms with van der Waals surface area (Å²) < 4.78 is 5.36. The Bertz CT molecular complexity index is 1220. The van der Waals surface area contributed by atoms with Crippen LogP contribution in [0, 0.1) is 29.1 Å². The third-order valence-electron chi connectivity index (χ3n) is 7.24. The predicted molar refractivity (Wildman–Crippen MR) is 123 cm³/mol. The molecule has 3 fully saturated rings. The molecule has 0 radical (unpaired) electrons. The van der Waals surface area contributed by atoms with Crippen LogP contribution >= 0.6 is 0 Å². The molecule has 2 aliphatic carbocycles. The second kappa shape index (κ2) is 8.20. The van der Waals surface area contributed by atoms with Crippen molar-refractivity contribution >= 4 is 28.6 Å². The van der Waals surface area contributed by atoms with Gasteiger partial charge in [-0.05, 0) is 43.4 Å². The lowest BCUT2D eigenvalue weighted by atomic mass is 9.95. The quantitative estimate of drug-likeness (QED) is 0.501. The van der Waals surface area contributed by atoms with Gasteiger partial charge >= 0.3 is 0 Å². The first-order valence-corrected chi connectivity index (χ1v) is 11.5. The Balaban J connectivity index is 1.33. The highest BCUT2D eigenvalue weighted by atomic mass is 16.5. The van der Waals surface area contributed by atoms with Crippen LogP contribution in [-0.4, -0.2) is 41.4 Å². The number of fused-ring (bicyclic) bond motifs is 2. The summed E-state index contributed by atoms with van der Waals surface area (Å²) in [7, 11) is 1.57. The first-order chi connectivity index (χ1) is 16.3. The van der Waals surface area contributed by atoms with E-state index in [4.69, 9.17) is 4.74 Å². The van der Waals surface area contributed by atoms with Crippen molar-refractivity contribution in [1.29, 1.82) is 5.26 Å². The highest BCUT2D eigenvalue weighted by Crippen LogP contribution is 2.45. The number of H-pyrrole nitrogens is 1. The molecule has 9 heteroatoms. The smallest absolute Gasteiger partial charge is 0.268 e. The number of methoxy groups -OCH3 is 1. The summed E-state index contributed by atoms with van der Waals surface area (Å²) in [5.74, 6) is -0.490. The number of rotatable bonds is 7. The molecule has 1 aromatic carbocycles. The van der Waals surface area contributed by atoms with Gasteiger partial charge in [0.15, 0.2) is 0 Å². The minimum Gasteiger partial charge on any atom is -0.496 e. The summed E-state index contributed by atoms with van der Waals surface area (Å²) in [6, 6.07) is 8.64. The topological polar surface area (TPSA) is 136 Å². The Kier molecular flexibility index (Phi) is 5.31. The highest BCUT2D eigenvalue weighted by Gasteiger charge is 2.54. The van der Waals surface area contributed by atoms with E-state index in [1.54, 1.807) is 13.2 Å². The standard InChI is InChI=1S/C25H27N5O4/c1-13-16-10-25(12-26,11-17(16)22(31)27-13)30-24(33)19(8-14-6-7-14)29-23(32)20-9-15-18(28-20)4-3-5-21(15)34-2/h3-5,9,14,16-17,19,28H,1,6-8,10-11H2,2H3,(H,27,31)(H,29,32)(H,30,33). The van der Waals surface area contributed by atoms with Crippen molar-refractivity contribution in [2.24, 2.45) is 17.8 Å². The van der Waals surface area contributed by atoms with Gasteiger partial charge in [-0.2, -0.15) is 5.26 Å². The predicted octanol–water partition coefficient (Wildman–Crippen LogP) is 2.12. The van der Waals surface area contributed by atoms with Gasteiger partial charge in [-0.15, -0.1) is 0 Å². The number of ether oxygens (including phenoxy) is 1. The number of amides is 3. The molecule has 9 nitrogen and oxygen atoms in total. The van der Waals surface area contributed by atoms with E-state index in [1.165, 1.54) is 0 Å². The number of nitrogens with zero attached hydrogens (tertiary/aromatic N) is 1. The molecule has 2 heterocycles. The molecule has 4 unspecified atom stereocenters. The molecule has 176 valence electrons. The zero-order valence-electron chi connectivity index (χ0n) is 18.9. The number of allylic oxidation sites excluding steroid dienone is 1. The number of nitriles is 1. The molecule has 4 N–H and O–H groups in total. The molecule has 0 spiro atoms. The van der Waals surface area contributed by atoms with E-state index in [0.29, 0.717) is 35.9 Å². The molecule has 34 heavy (non-hydrogen) atoms. The number of hydrogen-bond donors (Lipinski definition) is 4. The van der Waals surface area contributed by atoms with E-state index in [-0.39, 0.29) is 24.2 Å². The maximum atomic E-state index is 13.3. The van der Waals surface area contributed by atoms with Crippen molar-refractivity contribution in [3.63, 3.8) is 0 Å². The second-order valence-corrected chi connectivity index (χ2v) is 9.63. The Hall–Kier alpha value is -3.80. The van der Waals surface area contributed by atoms with Crippen molar-refractivity contribution in [3.05, 3.63) is 42.2 Å². The molecule has 4 atom stereocenters. The minimum atomic E-state index is -1.16. The van der Waals surface area contributed by atoms with Crippen molar-refractivity contribution in [1.82, 2.24) is 20.9 Å². The van der Waals surface area contributed by atoms with Crippen molar-refractivity contribution in [3.8, 4) is 11.8 Å². The summed E-state index contributed by atoms with van der Waals surface area (Å²) >= 11 is 0. The minimum absolute atomic E-state index is 0.154. The van der Waals surface area contributed by atoms with E-state index >= 15 is 0 Å². The van der Waals surface area contributed by atoms with Gasteiger partial charge in [0.25, 0.3) is 5.91 Å². The summed E-state index contributed by atoms with van der Waals surface area (Å²) in [6.45, 7) is 3.89. The second-order valence-electron chi connectivity index (χ2n) is 9.63. The van der Waals surface area contributed by atoms with Crippen LogP contribution in [0.1, 0.15) is 42.6 Å². The van der Waals surface area contributed by atoms with Gasteiger partial charge < -0.3 is 25.7 Å². The number of carbonyl (C=O) groups excluding carboxylic acids is 3. The lowest BCUT2D eigenvalue weighted by Crippen LogP contribution is -2.54. The first kappa shape index (κ1) is 22.0. The van der Waals surface area contributed by atoms with Crippen molar-refractivity contribution < 1.29 is 19.1 Å². The van der Waals surface area contributed by atoms with Crippen LogP contribution < -0.4 is 20.7 Å². The number of aromatic amines is 1. The molecule has 5 rings (SSSR count). The molecular weight excluding hydrogens is 434 g/mol. The lowest BCUT2D eigenvalue weighted by Gasteiger charge is -2.27. The van der Waals surface area contributed by atoms with Gasteiger partial charge in [0.05, 0.1) is 13.2 Å². The molecule has 3 amide bonds. The van der Waals surface area contributed by atoms with Crippen LogP contribution in [0.25, 0.3) is 10.9 Å². The van der Waals surface area contributed by atoms with Gasteiger partial charge in [0, 0.05) is 28.4 Å². The summed E-state index contributed by atoms with van der Waals surface area (Å²) in [6.07, 6.45) is 3.08. The average Bonchev–Trinajstić information content (AvgIpc) is 3.29. The molecule has 1 saturated heterocycles. The van der Waals surface area contributed by atoms with E-state index in [2.05, 4.69) is 33.6 Å². The van der Waals surface area contributed by atoms with Crippen molar-refractivity contribution in [2.75, 3.05) is 7.11 Å². The largest absolute Gasteiger partial charge is 0.496 e. The maximum absolute atomic E-state index is 13.3. The molecule has 0 bridgehead atoms. The van der Waals surface area contributed by atoms with E-state index in [9.17, 15) is 19.6 Å². The van der Waals surface area contributed by atoms with E-state index in [0.717, 1.165) is 23.7 Å². The first-order valence-electron chi connectivity index (χ1n) is 11.5. The number of benzene rings is 1. The van der Waals surface area contributed by atoms with E-state index < -0.39 is 23.4 Å². The normalized spacial score (nSPS) is 26.5. The van der Waals surface area contributed by atoms with Gasteiger partial charge in [-0.25, -0.2) is 0 Å². The zero-order chi connectivity index (χ0) is 24.0. The monoisotopic (exact) mass is 461 g/mol. The Morgan fingerprint density at radius 3 is 2.76 bits per heavy atom. The SMILES string of the molecule is C=C1NC(=O)C2CC(C#N)(NC(=O)C(CC3CC3)NC(=O)c3cc4c(OC)cccc4[nH]3)CC12. The Labute approximate surface area is 196 Å². The van der Waals surface area contributed by atoms with Crippen molar-refractivity contribution in [2.45, 2.75) is 43.7 Å². The van der Waals surface area contributed by atoms with Gasteiger partial charge in [0.1, 0.15) is 23.0 Å². The Morgan fingerprint density at radius 1 is 1.32 bits per heavy atom. The van der Waals surface area contributed by atoms with Crippen LogP contribution in [0.4, 0.5) is 0 Å². The van der Waals surface area contributed by atoms with Crippen LogP contribution in [0.2, 0.25) is 0 Å². The third kappa shape index (κ3) is 3.89. The van der Waals surface area contributed by atoms with Gasteiger partial charge in [-0.3, -0.25) is 14.4 Å². The number of aromatic nitrogens is 1. The lowest BCUT2D eigenvalue weighted by molar-refractivity contribution is -0.125. The number of nitrogens with one attached hydrogen (secondary N) is 4. The Morgan fingerprint density at radius 2 is 2.09 bits per heavy atom. The fourth-order valence-corrected chi connectivity index (χ4v) is 5.23. The molecule has 3 aliphatic rings. The zero-order valence-corrected chi connectivity index (χ0v) is 18.9. The molecule has 1 aromatic heterocycles. The van der Waals surface area contributed by atoms with Crippen LogP contribution in [-0.2, 0) is 9.59 Å². The van der Waals surface area contributed by atoms with Crippen LogP contribution in [0.3, 0.4) is 0 Å². The summed E-state index contributed by atoms with van der Waals surface area (Å²) in [4.78, 5) is 41.7. The molecule has 1 aliphatic heterocycles. The van der Waals surface area contributed by atoms with E-state index in [1.807, 2.05) is 18.2 Å². The van der Waals surface area contributed by atoms with Crippen LogP contribution in [0.15, 0.2) is 36.5 Å². The maximum Gasteiger partial charge on any atom is 0.268 e. The fraction of sp³-hybridized carbons (Fsp3) is 0.440.